The Bertz CT molecular complexity index is 533. The second-order valence-corrected chi connectivity index (χ2v) is 7.19. The average molecular weight is 303 g/mol. The summed E-state index contributed by atoms with van der Waals surface area (Å²) in [7, 11) is 0. The zero-order valence-corrected chi connectivity index (χ0v) is 12.5. The summed E-state index contributed by atoms with van der Waals surface area (Å²) in [6, 6.07) is 0. The third-order valence-electron chi connectivity index (χ3n) is 6.03. The lowest BCUT2D eigenvalue weighted by atomic mass is 9.63. The molecule has 0 unspecified atom stereocenters. The van der Waals surface area contributed by atoms with Crippen molar-refractivity contribution in [2.75, 3.05) is 6.54 Å². The lowest BCUT2D eigenvalue weighted by Gasteiger charge is -2.37. The van der Waals surface area contributed by atoms with Crippen molar-refractivity contribution in [2.24, 2.45) is 35.5 Å². The van der Waals surface area contributed by atoms with Crippen LogP contribution in [0, 0.1) is 35.5 Å². The molecule has 118 valence electrons. The van der Waals surface area contributed by atoms with E-state index in [-0.39, 0.29) is 41.9 Å². The van der Waals surface area contributed by atoms with Crippen molar-refractivity contribution in [3.05, 3.63) is 12.2 Å². The second kappa shape index (κ2) is 4.93. The van der Waals surface area contributed by atoms with Gasteiger partial charge in [-0.25, -0.2) is 0 Å². The predicted molar refractivity (Wildman–Crippen MR) is 77.5 cm³/mol. The minimum Gasteiger partial charge on any atom is -0.481 e. The molecule has 0 aromatic carbocycles. The van der Waals surface area contributed by atoms with E-state index in [4.69, 9.17) is 5.11 Å². The van der Waals surface area contributed by atoms with Gasteiger partial charge in [-0.15, -0.1) is 0 Å². The molecule has 3 fully saturated rings. The Balaban J connectivity index is 1.39. The van der Waals surface area contributed by atoms with Crippen molar-refractivity contribution in [1.82, 2.24) is 4.90 Å². The van der Waals surface area contributed by atoms with Gasteiger partial charge in [-0.3, -0.25) is 19.3 Å². The van der Waals surface area contributed by atoms with Crippen LogP contribution in [-0.2, 0) is 14.4 Å². The molecule has 0 radical (unpaired) electrons. The number of amides is 2. The number of carbonyl (C=O) groups excluding carboxylic acids is 2. The van der Waals surface area contributed by atoms with Gasteiger partial charge in [0, 0.05) is 13.0 Å². The number of carboxylic acids is 1. The summed E-state index contributed by atoms with van der Waals surface area (Å²) in [4.78, 5) is 37.3. The Morgan fingerprint density at radius 3 is 2.18 bits per heavy atom. The summed E-state index contributed by atoms with van der Waals surface area (Å²) in [6.45, 7) is 0.457. The average Bonchev–Trinajstić information content (AvgIpc) is 3.26. The van der Waals surface area contributed by atoms with Gasteiger partial charge in [-0.1, -0.05) is 18.6 Å². The monoisotopic (exact) mass is 303 g/mol. The quantitative estimate of drug-likeness (QED) is 0.460. The molecule has 1 aliphatic heterocycles. The maximum atomic E-state index is 12.7. The topological polar surface area (TPSA) is 74.7 Å². The standard InChI is InChI=1S/C17H21NO4/c19-13(20)4-2-1-3-7-18-16(21)14-9-5-6-10(12-8-11(9)12)15(14)17(18)22/h5-6,9-12,14-15H,1-4,7-8H2,(H,19,20)/t9-,10-,11+,12+,14-,15+/m1/s1. The number of unbranched alkanes of at least 4 members (excludes halogenated alkanes) is 2. The molecular formula is C17H21NO4. The molecule has 6 atom stereocenters. The highest BCUT2D eigenvalue weighted by Crippen LogP contribution is 2.65. The molecule has 0 aromatic heterocycles. The molecule has 5 rings (SSSR count). The molecule has 1 saturated heterocycles. The van der Waals surface area contributed by atoms with E-state index in [0.29, 0.717) is 31.2 Å². The van der Waals surface area contributed by atoms with E-state index in [1.54, 1.807) is 0 Å². The van der Waals surface area contributed by atoms with Crippen LogP contribution < -0.4 is 0 Å². The van der Waals surface area contributed by atoms with E-state index in [1.165, 1.54) is 11.3 Å². The summed E-state index contributed by atoms with van der Waals surface area (Å²) >= 11 is 0. The first-order valence-electron chi connectivity index (χ1n) is 8.35. The highest BCUT2D eigenvalue weighted by Gasteiger charge is 2.66. The van der Waals surface area contributed by atoms with Crippen molar-refractivity contribution < 1.29 is 19.5 Å². The first-order chi connectivity index (χ1) is 10.6. The van der Waals surface area contributed by atoms with Crippen LogP contribution in [-0.4, -0.2) is 34.3 Å². The number of aliphatic carboxylic acids is 1. The smallest absolute Gasteiger partial charge is 0.303 e. The van der Waals surface area contributed by atoms with Crippen LogP contribution in [0.2, 0.25) is 0 Å². The Morgan fingerprint density at radius 2 is 1.64 bits per heavy atom. The number of carbonyl (C=O) groups is 3. The van der Waals surface area contributed by atoms with E-state index in [1.807, 2.05) is 0 Å². The number of nitrogens with zero attached hydrogens (tertiary/aromatic N) is 1. The van der Waals surface area contributed by atoms with Crippen molar-refractivity contribution >= 4 is 17.8 Å². The molecule has 1 heterocycles. The molecule has 5 nitrogen and oxygen atoms in total. The van der Waals surface area contributed by atoms with Gasteiger partial charge >= 0.3 is 5.97 Å². The molecule has 4 aliphatic carbocycles. The van der Waals surface area contributed by atoms with Gasteiger partial charge in [0.1, 0.15) is 0 Å². The predicted octanol–water partition coefficient (Wildman–Crippen LogP) is 1.68. The lowest BCUT2D eigenvalue weighted by molar-refractivity contribution is -0.141. The summed E-state index contributed by atoms with van der Waals surface area (Å²) in [5, 5.41) is 8.62. The van der Waals surface area contributed by atoms with Crippen molar-refractivity contribution in [3.8, 4) is 0 Å². The number of hydrogen-bond acceptors (Lipinski definition) is 3. The van der Waals surface area contributed by atoms with E-state index >= 15 is 0 Å². The molecule has 0 aromatic rings. The van der Waals surface area contributed by atoms with Gasteiger partial charge in [0.05, 0.1) is 11.8 Å². The maximum absolute atomic E-state index is 12.7. The van der Waals surface area contributed by atoms with Crippen molar-refractivity contribution in [2.45, 2.75) is 32.1 Å². The van der Waals surface area contributed by atoms with Crippen LogP contribution in [0.15, 0.2) is 12.2 Å². The third kappa shape index (κ3) is 1.94. The Morgan fingerprint density at radius 1 is 1.05 bits per heavy atom. The largest absolute Gasteiger partial charge is 0.481 e. The van der Waals surface area contributed by atoms with Crippen LogP contribution >= 0.6 is 0 Å². The molecular weight excluding hydrogens is 282 g/mol. The SMILES string of the molecule is O=C(O)CCCCCN1C(=O)[C@@H]2[C@@H]3C=C[C@H]([C@@H]4C[C@@H]34)[C@@H]2C1=O. The number of hydrogen-bond donors (Lipinski definition) is 1. The van der Waals surface area contributed by atoms with Gasteiger partial charge in [0.25, 0.3) is 0 Å². The highest BCUT2D eigenvalue weighted by molar-refractivity contribution is 6.06. The van der Waals surface area contributed by atoms with Gasteiger partial charge in [-0.2, -0.15) is 0 Å². The summed E-state index contributed by atoms with van der Waals surface area (Å²) in [6.07, 6.45) is 7.77. The minimum absolute atomic E-state index is 0.0259. The van der Waals surface area contributed by atoms with Crippen LogP contribution in [0.3, 0.4) is 0 Å². The Labute approximate surface area is 129 Å². The van der Waals surface area contributed by atoms with Crippen LogP contribution in [0.25, 0.3) is 0 Å². The molecule has 2 bridgehead atoms. The third-order valence-corrected chi connectivity index (χ3v) is 6.03. The van der Waals surface area contributed by atoms with Gasteiger partial charge in [0.2, 0.25) is 11.8 Å². The van der Waals surface area contributed by atoms with E-state index in [2.05, 4.69) is 12.2 Å². The Kier molecular flexibility index (Phi) is 3.13. The molecule has 1 N–H and O–H groups in total. The number of imide groups is 1. The zero-order chi connectivity index (χ0) is 15.4. The molecule has 2 amide bonds. The van der Waals surface area contributed by atoms with Crippen molar-refractivity contribution in [3.63, 3.8) is 0 Å². The van der Waals surface area contributed by atoms with E-state index in [0.717, 1.165) is 6.42 Å². The first-order valence-corrected chi connectivity index (χ1v) is 8.35. The number of rotatable bonds is 6. The van der Waals surface area contributed by atoms with E-state index < -0.39 is 5.97 Å². The normalized spacial score (nSPS) is 40.8. The first kappa shape index (κ1) is 14.0. The van der Waals surface area contributed by atoms with Crippen molar-refractivity contribution in [1.29, 1.82) is 0 Å². The fraction of sp³-hybridized carbons (Fsp3) is 0.706. The number of carboxylic acid groups (broad SMARTS) is 1. The molecule has 0 spiro atoms. The fourth-order valence-corrected chi connectivity index (χ4v) is 4.96. The molecule has 5 aliphatic rings. The molecule has 5 heteroatoms. The Hall–Kier alpha value is -1.65. The lowest BCUT2D eigenvalue weighted by Crippen LogP contribution is -2.40. The maximum Gasteiger partial charge on any atom is 0.303 e. The molecule has 22 heavy (non-hydrogen) atoms. The zero-order valence-electron chi connectivity index (χ0n) is 12.5. The fourth-order valence-electron chi connectivity index (χ4n) is 4.96. The van der Waals surface area contributed by atoms with E-state index in [9.17, 15) is 14.4 Å². The summed E-state index contributed by atoms with van der Waals surface area (Å²) in [5.41, 5.74) is 0. The van der Waals surface area contributed by atoms with Gasteiger partial charge in [-0.05, 0) is 42.9 Å². The van der Waals surface area contributed by atoms with Crippen LogP contribution in [0.5, 0.6) is 0 Å². The molecule has 2 saturated carbocycles. The van der Waals surface area contributed by atoms with Crippen LogP contribution in [0.4, 0.5) is 0 Å². The summed E-state index contributed by atoms with van der Waals surface area (Å²) in [5.74, 6) is 0.904. The number of likely N-dealkylation sites (tertiary alicyclic amines) is 1. The summed E-state index contributed by atoms with van der Waals surface area (Å²) < 4.78 is 0. The number of allylic oxidation sites excluding steroid dienone is 2. The van der Waals surface area contributed by atoms with Crippen LogP contribution in [0.1, 0.15) is 32.1 Å². The van der Waals surface area contributed by atoms with Gasteiger partial charge in [0.15, 0.2) is 0 Å². The van der Waals surface area contributed by atoms with Gasteiger partial charge < -0.3 is 5.11 Å². The second-order valence-electron chi connectivity index (χ2n) is 7.19. The minimum atomic E-state index is -0.791. The highest BCUT2D eigenvalue weighted by atomic mass is 16.4.